The molecule has 3 atom stereocenters. The molecule has 0 heterocycles. The topological polar surface area (TPSA) is 72.8 Å². The number of allylic oxidation sites excluding steroid dienone is 1. The normalized spacial score (nSPS) is 22.9. The molecule has 0 spiro atoms. The van der Waals surface area contributed by atoms with E-state index in [1.54, 1.807) is 0 Å². The first-order valence-corrected chi connectivity index (χ1v) is 9.05. The Morgan fingerprint density at radius 3 is 2.35 bits per heavy atom. The highest BCUT2D eigenvalue weighted by molar-refractivity contribution is 6.00. The Morgan fingerprint density at radius 1 is 1.19 bits per heavy atom. The Kier molecular flexibility index (Phi) is 6.98. The van der Waals surface area contributed by atoms with Crippen molar-refractivity contribution < 1.29 is 24.2 Å². The van der Waals surface area contributed by atoms with Gasteiger partial charge >= 0.3 is 11.9 Å². The minimum atomic E-state index is -1.22. The molecule has 1 aromatic rings. The van der Waals surface area contributed by atoms with Gasteiger partial charge in [0.15, 0.2) is 5.41 Å². The number of ether oxygens (including phenoxy) is 2. The molecule has 2 rings (SSSR count). The average Bonchev–Trinajstić information content (AvgIpc) is 3.07. The van der Waals surface area contributed by atoms with Gasteiger partial charge < -0.3 is 14.6 Å². The van der Waals surface area contributed by atoms with Crippen LogP contribution in [0.5, 0.6) is 0 Å². The Hall–Kier alpha value is -2.14. The van der Waals surface area contributed by atoms with E-state index in [-0.39, 0.29) is 11.8 Å². The summed E-state index contributed by atoms with van der Waals surface area (Å²) in [6.07, 6.45) is 5.54. The van der Waals surface area contributed by atoms with Crippen LogP contribution in [0.4, 0.5) is 0 Å². The van der Waals surface area contributed by atoms with Gasteiger partial charge in [0.05, 0.1) is 20.3 Å². The number of benzene rings is 1. The number of aliphatic hydroxyl groups is 1. The second-order valence-corrected chi connectivity index (χ2v) is 6.90. The van der Waals surface area contributed by atoms with Gasteiger partial charge in [-0.2, -0.15) is 0 Å². The molecule has 3 unspecified atom stereocenters. The molecular formula is C21H28O5. The van der Waals surface area contributed by atoms with Crippen molar-refractivity contribution >= 4 is 11.9 Å². The van der Waals surface area contributed by atoms with Crippen molar-refractivity contribution in [3.63, 3.8) is 0 Å². The van der Waals surface area contributed by atoms with Crippen molar-refractivity contribution in [2.75, 3.05) is 14.2 Å². The number of esters is 2. The Bertz CT molecular complexity index is 621. The number of methoxy groups -OCH3 is 2. The number of aliphatic hydroxyl groups excluding tert-OH is 1. The Labute approximate surface area is 155 Å². The molecule has 0 amide bonds. The summed E-state index contributed by atoms with van der Waals surface area (Å²) in [4.78, 5) is 24.6. The van der Waals surface area contributed by atoms with E-state index in [0.29, 0.717) is 19.3 Å². The van der Waals surface area contributed by atoms with E-state index in [9.17, 15) is 14.7 Å². The molecule has 5 heteroatoms. The van der Waals surface area contributed by atoms with Crippen LogP contribution in [-0.2, 0) is 19.1 Å². The van der Waals surface area contributed by atoms with E-state index in [4.69, 9.17) is 9.47 Å². The van der Waals surface area contributed by atoms with Gasteiger partial charge in [0.1, 0.15) is 0 Å². The zero-order chi connectivity index (χ0) is 19.2. The van der Waals surface area contributed by atoms with Crippen LogP contribution in [0.1, 0.15) is 44.3 Å². The molecule has 1 aliphatic carbocycles. The van der Waals surface area contributed by atoms with Gasteiger partial charge in [-0.3, -0.25) is 9.59 Å². The highest BCUT2D eigenvalue weighted by atomic mass is 16.5. The van der Waals surface area contributed by atoms with Gasteiger partial charge in [0.2, 0.25) is 0 Å². The molecule has 0 aromatic heterocycles. The summed E-state index contributed by atoms with van der Waals surface area (Å²) in [5.74, 6) is -0.787. The molecule has 26 heavy (non-hydrogen) atoms. The standard InChI is InChI=1S/C21H28O5/c1-4-15-13-21(19(23)25-2,20(24)26-3)14-17(15)11-8-12-18(22)16-9-6-5-7-10-16/h5-11,15,17-18,22H,4,12-14H2,1-3H3/b11-8+. The van der Waals surface area contributed by atoms with E-state index in [1.165, 1.54) is 14.2 Å². The highest BCUT2D eigenvalue weighted by Gasteiger charge is 2.56. The maximum atomic E-state index is 12.3. The maximum absolute atomic E-state index is 12.3. The molecule has 5 nitrogen and oxygen atoms in total. The summed E-state index contributed by atoms with van der Waals surface area (Å²) in [5.41, 5.74) is -0.355. The summed E-state index contributed by atoms with van der Waals surface area (Å²) < 4.78 is 9.80. The third-order valence-corrected chi connectivity index (χ3v) is 5.40. The quantitative estimate of drug-likeness (QED) is 0.458. The lowest BCUT2D eigenvalue weighted by Crippen LogP contribution is -2.39. The van der Waals surface area contributed by atoms with Crippen LogP contribution in [-0.4, -0.2) is 31.3 Å². The molecule has 0 aliphatic heterocycles. The maximum Gasteiger partial charge on any atom is 0.323 e. The third kappa shape index (κ3) is 4.15. The molecule has 1 fully saturated rings. The molecule has 0 bridgehead atoms. The van der Waals surface area contributed by atoms with Crippen LogP contribution >= 0.6 is 0 Å². The minimum Gasteiger partial charge on any atom is -0.468 e. The second kappa shape index (κ2) is 8.99. The summed E-state index contributed by atoms with van der Waals surface area (Å²) in [6, 6.07) is 9.49. The summed E-state index contributed by atoms with van der Waals surface area (Å²) in [6.45, 7) is 2.05. The first kappa shape index (κ1) is 20.2. The highest BCUT2D eigenvalue weighted by Crippen LogP contribution is 2.49. The molecular weight excluding hydrogens is 332 g/mol. The number of carbonyl (C=O) groups is 2. The monoisotopic (exact) mass is 360 g/mol. The van der Waals surface area contributed by atoms with Gasteiger partial charge in [-0.25, -0.2) is 0 Å². The molecule has 1 N–H and O–H groups in total. The lowest BCUT2D eigenvalue weighted by Gasteiger charge is -2.23. The Morgan fingerprint density at radius 2 is 1.81 bits per heavy atom. The first-order chi connectivity index (χ1) is 12.5. The van der Waals surface area contributed by atoms with Crippen molar-refractivity contribution in [2.45, 2.75) is 38.7 Å². The summed E-state index contributed by atoms with van der Waals surface area (Å²) >= 11 is 0. The van der Waals surface area contributed by atoms with E-state index in [2.05, 4.69) is 6.92 Å². The average molecular weight is 360 g/mol. The van der Waals surface area contributed by atoms with E-state index in [0.717, 1.165) is 12.0 Å². The van der Waals surface area contributed by atoms with Crippen LogP contribution in [0.3, 0.4) is 0 Å². The van der Waals surface area contributed by atoms with Crippen molar-refractivity contribution in [1.29, 1.82) is 0 Å². The molecule has 142 valence electrons. The van der Waals surface area contributed by atoms with Crippen molar-refractivity contribution in [1.82, 2.24) is 0 Å². The lowest BCUT2D eigenvalue weighted by molar-refractivity contribution is -0.169. The van der Waals surface area contributed by atoms with Gasteiger partial charge in [-0.05, 0) is 36.7 Å². The van der Waals surface area contributed by atoms with Crippen molar-refractivity contribution in [3.8, 4) is 0 Å². The minimum absolute atomic E-state index is 0.0705. The zero-order valence-electron chi connectivity index (χ0n) is 15.7. The smallest absolute Gasteiger partial charge is 0.323 e. The number of hydrogen-bond donors (Lipinski definition) is 1. The first-order valence-electron chi connectivity index (χ1n) is 9.05. The summed E-state index contributed by atoms with van der Waals surface area (Å²) in [5, 5.41) is 10.3. The predicted octanol–water partition coefficient (Wildman–Crippen LogP) is 3.43. The molecule has 0 radical (unpaired) electrons. The van der Waals surface area contributed by atoms with Crippen LogP contribution < -0.4 is 0 Å². The van der Waals surface area contributed by atoms with Gasteiger partial charge in [0, 0.05) is 0 Å². The fourth-order valence-electron chi connectivity index (χ4n) is 3.92. The van der Waals surface area contributed by atoms with Crippen molar-refractivity contribution in [2.24, 2.45) is 17.3 Å². The van der Waals surface area contributed by atoms with E-state index < -0.39 is 23.5 Å². The van der Waals surface area contributed by atoms with Crippen LogP contribution in [0, 0.1) is 17.3 Å². The fourth-order valence-corrected chi connectivity index (χ4v) is 3.92. The zero-order valence-corrected chi connectivity index (χ0v) is 15.7. The number of rotatable bonds is 7. The Balaban J connectivity index is 2.10. The lowest BCUT2D eigenvalue weighted by atomic mass is 9.84. The van der Waals surface area contributed by atoms with E-state index >= 15 is 0 Å². The number of carbonyl (C=O) groups excluding carboxylic acids is 2. The second-order valence-electron chi connectivity index (χ2n) is 6.90. The fraction of sp³-hybridized carbons (Fsp3) is 0.524. The third-order valence-electron chi connectivity index (χ3n) is 5.40. The van der Waals surface area contributed by atoms with Crippen LogP contribution in [0.25, 0.3) is 0 Å². The predicted molar refractivity (Wildman–Crippen MR) is 98.1 cm³/mol. The molecule has 0 saturated heterocycles. The largest absolute Gasteiger partial charge is 0.468 e. The van der Waals surface area contributed by atoms with Crippen LogP contribution in [0.2, 0.25) is 0 Å². The van der Waals surface area contributed by atoms with Crippen LogP contribution in [0.15, 0.2) is 42.5 Å². The van der Waals surface area contributed by atoms with Gasteiger partial charge in [-0.1, -0.05) is 55.8 Å². The molecule has 1 saturated carbocycles. The molecule has 1 aromatic carbocycles. The van der Waals surface area contributed by atoms with Crippen molar-refractivity contribution in [3.05, 3.63) is 48.0 Å². The molecule has 1 aliphatic rings. The van der Waals surface area contributed by atoms with E-state index in [1.807, 2.05) is 42.5 Å². The SMILES string of the molecule is CCC1CC(C(=O)OC)(C(=O)OC)CC1/C=C/CC(O)c1ccccc1. The van der Waals surface area contributed by atoms with Gasteiger partial charge in [-0.15, -0.1) is 0 Å². The van der Waals surface area contributed by atoms with Gasteiger partial charge in [0.25, 0.3) is 0 Å². The number of hydrogen-bond acceptors (Lipinski definition) is 5. The summed E-state index contributed by atoms with van der Waals surface area (Å²) in [7, 11) is 2.60.